The van der Waals surface area contributed by atoms with Crippen LogP contribution in [0.25, 0.3) is 10.8 Å². The van der Waals surface area contributed by atoms with Crippen LogP contribution in [-0.2, 0) is 0 Å². The van der Waals surface area contributed by atoms with Gasteiger partial charge in [0.2, 0.25) is 0 Å². The first-order valence-corrected chi connectivity index (χ1v) is 5.95. The molecular weight excluding hydrogens is 190 g/mol. The topological polar surface area (TPSA) is 27.6 Å². The third-order valence-corrected chi connectivity index (χ3v) is 3.28. The number of benzene rings is 2. The molecular formula is C12H14NS+. The largest absolute Gasteiger partial charge is 0.343 e. The molecule has 14 heavy (non-hydrogen) atoms. The van der Waals surface area contributed by atoms with Gasteiger partial charge in [0.15, 0.2) is 5.37 Å². The molecule has 0 spiro atoms. The standard InChI is InChI=1S/C12H13NS/c1-14-12(13)11-8-4-6-9-5-2-3-7-10(9)11/h2-8,12H,13H2,1H3/p+1/t12-/m0/s1. The van der Waals surface area contributed by atoms with Gasteiger partial charge in [-0.2, -0.15) is 0 Å². The molecule has 2 aromatic carbocycles. The Labute approximate surface area is 88.3 Å². The summed E-state index contributed by atoms with van der Waals surface area (Å²) in [5, 5.41) is 2.94. The molecule has 0 amide bonds. The minimum Gasteiger partial charge on any atom is -0.343 e. The van der Waals surface area contributed by atoms with Gasteiger partial charge in [-0.15, -0.1) is 0 Å². The van der Waals surface area contributed by atoms with Gasteiger partial charge >= 0.3 is 0 Å². The van der Waals surface area contributed by atoms with Gasteiger partial charge < -0.3 is 5.73 Å². The van der Waals surface area contributed by atoms with Gasteiger partial charge in [-0.3, -0.25) is 0 Å². The van der Waals surface area contributed by atoms with E-state index in [1.807, 2.05) is 0 Å². The van der Waals surface area contributed by atoms with Crippen molar-refractivity contribution < 1.29 is 5.73 Å². The van der Waals surface area contributed by atoms with Crippen LogP contribution in [0.4, 0.5) is 0 Å². The molecule has 72 valence electrons. The number of fused-ring (bicyclic) bond motifs is 1. The van der Waals surface area contributed by atoms with Crippen LogP contribution in [0.2, 0.25) is 0 Å². The monoisotopic (exact) mass is 204 g/mol. The van der Waals surface area contributed by atoms with Gasteiger partial charge in [-0.25, -0.2) is 0 Å². The van der Waals surface area contributed by atoms with E-state index in [0.29, 0.717) is 5.37 Å². The molecule has 0 aromatic heterocycles. The zero-order chi connectivity index (χ0) is 9.97. The Bertz CT molecular complexity index is 434. The fraction of sp³-hybridized carbons (Fsp3) is 0.167. The average molecular weight is 204 g/mol. The van der Waals surface area contributed by atoms with Crippen LogP contribution in [-0.4, -0.2) is 6.26 Å². The lowest BCUT2D eigenvalue weighted by Crippen LogP contribution is -2.51. The van der Waals surface area contributed by atoms with Crippen molar-refractivity contribution in [2.24, 2.45) is 0 Å². The molecule has 0 saturated carbocycles. The normalized spacial score (nSPS) is 13.0. The molecule has 0 saturated heterocycles. The first-order chi connectivity index (χ1) is 6.83. The summed E-state index contributed by atoms with van der Waals surface area (Å²) in [6.45, 7) is 0. The second-order valence-electron chi connectivity index (χ2n) is 3.29. The highest BCUT2D eigenvalue weighted by atomic mass is 32.2. The second-order valence-corrected chi connectivity index (χ2v) is 4.33. The third kappa shape index (κ3) is 1.63. The molecule has 0 aliphatic rings. The number of rotatable bonds is 2. The van der Waals surface area contributed by atoms with Crippen molar-refractivity contribution in [2.75, 3.05) is 6.26 Å². The zero-order valence-electron chi connectivity index (χ0n) is 8.23. The molecule has 2 aromatic rings. The van der Waals surface area contributed by atoms with Crippen LogP contribution in [0.5, 0.6) is 0 Å². The van der Waals surface area contributed by atoms with Crippen molar-refractivity contribution in [3.63, 3.8) is 0 Å². The van der Waals surface area contributed by atoms with Gasteiger partial charge in [0.25, 0.3) is 0 Å². The molecule has 1 nitrogen and oxygen atoms in total. The van der Waals surface area contributed by atoms with E-state index in [1.54, 1.807) is 11.8 Å². The minimum absolute atomic E-state index is 0.320. The maximum Gasteiger partial charge on any atom is 0.157 e. The summed E-state index contributed by atoms with van der Waals surface area (Å²) in [6, 6.07) is 14.9. The predicted molar refractivity (Wildman–Crippen MR) is 63.1 cm³/mol. The summed E-state index contributed by atoms with van der Waals surface area (Å²) >= 11 is 1.78. The molecule has 2 rings (SSSR count). The third-order valence-electron chi connectivity index (χ3n) is 2.45. The highest BCUT2D eigenvalue weighted by Gasteiger charge is 2.10. The quantitative estimate of drug-likeness (QED) is 0.748. The van der Waals surface area contributed by atoms with Crippen LogP contribution in [0.1, 0.15) is 10.9 Å². The van der Waals surface area contributed by atoms with E-state index in [-0.39, 0.29) is 0 Å². The van der Waals surface area contributed by atoms with Crippen LogP contribution >= 0.6 is 11.8 Å². The molecule has 0 unspecified atom stereocenters. The number of hydrogen-bond donors (Lipinski definition) is 1. The Morgan fingerprint density at radius 1 is 1.07 bits per heavy atom. The van der Waals surface area contributed by atoms with Crippen molar-refractivity contribution in [1.29, 1.82) is 0 Å². The second kappa shape index (κ2) is 4.03. The van der Waals surface area contributed by atoms with Crippen LogP contribution < -0.4 is 5.73 Å². The van der Waals surface area contributed by atoms with E-state index in [1.165, 1.54) is 16.3 Å². The fourth-order valence-electron chi connectivity index (χ4n) is 1.66. The molecule has 2 heteroatoms. The van der Waals surface area contributed by atoms with E-state index in [9.17, 15) is 0 Å². The lowest BCUT2D eigenvalue weighted by atomic mass is 10.0. The lowest BCUT2D eigenvalue weighted by Gasteiger charge is -2.08. The van der Waals surface area contributed by atoms with Gasteiger partial charge in [-0.1, -0.05) is 54.2 Å². The van der Waals surface area contributed by atoms with Crippen molar-refractivity contribution in [3.8, 4) is 0 Å². The Morgan fingerprint density at radius 2 is 1.79 bits per heavy atom. The van der Waals surface area contributed by atoms with Crippen molar-refractivity contribution in [1.82, 2.24) is 0 Å². The Balaban J connectivity index is 2.65. The first-order valence-electron chi connectivity index (χ1n) is 4.66. The maximum atomic E-state index is 4.14. The summed E-state index contributed by atoms with van der Waals surface area (Å²) < 4.78 is 0. The SMILES string of the molecule is CS[C@H]([NH3+])c1cccc2ccccc12. The molecule has 0 fully saturated rings. The summed E-state index contributed by atoms with van der Waals surface area (Å²) in [6.07, 6.45) is 2.10. The summed E-state index contributed by atoms with van der Waals surface area (Å²) in [7, 11) is 0. The van der Waals surface area contributed by atoms with Crippen molar-refractivity contribution in [3.05, 3.63) is 48.0 Å². The highest BCUT2D eigenvalue weighted by molar-refractivity contribution is 7.98. The van der Waals surface area contributed by atoms with Gasteiger partial charge in [-0.05, 0) is 17.0 Å². The lowest BCUT2D eigenvalue weighted by molar-refractivity contribution is -0.390. The van der Waals surface area contributed by atoms with Crippen molar-refractivity contribution in [2.45, 2.75) is 5.37 Å². The van der Waals surface area contributed by atoms with Gasteiger partial charge in [0, 0.05) is 5.56 Å². The Morgan fingerprint density at radius 3 is 2.57 bits per heavy atom. The molecule has 3 N–H and O–H groups in total. The number of thioether (sulfide) groups is 1. The van der Waals surface area contributed by atoms with E-state index in [2.05, 4.69) is 54.5 Å². The van der Waals surface area contributed by atoms with Gasteiger partial charge in [0.05, 0.1) is 0 Å². The molecule has 0 aliphatic carbocycles. The summed E-state index contributed by atoms with van der Waals surface area (Å²) in [5.74, 6) is 0. The van der Waals surface area contributed by atoms with Crippen LogP contribution in [0, 0.1) is 0 Å². The van der Waals surface area contributed by atoms with Crippen LogP contribution in [0.3, 0.4) is 0 Å². The van der Waals surface area contributed by atoms with E-state index in [0.717, 1.165) is 0 Å². The van der Waals surface area contributed by atoms with E-state index in [4.69, 9.17) is 0 Å². The molecule has 1 atom stereocenters. The fourth-order valence-corrected chi connectivity index (χ4v) is 2.12. The molecule has 0 aliphatic heterocycles. The number of quaternary nitrogens is 1. The average Bonchev–Trinajstić information content (AvgIpc) is 2.27. The molecule has 0 bridgehead atoms. The summed E-state index contributed by atoms with van der Waals surface area (Å²) in [5.41, 5.74) is 5.47. The van der Waals surface area contributed by atoms with Gasteiger partial charge in [0.1, 0.15) is 0 Å². The van der Waals surface area contributed by atoms with Crippen LogP contribution in [0.15, 0.2) is 42.5 Å². The van der Waals surface area contributed by atoms with E-state index >= 15 is 0 Å². The zero-order valence-corrected chi connectivity index (χ0v) is 9.05. The predicted octanol–water partition coefficient (Wildman–Crippen LogP) is 2.44. The number of hydrogen-bond acceptors (Lipinski definition) is 1. The molecule has 0 radical (unpaired) electrons. The van der Waals surface area contributed by atoms with E-state index < -0.39 is 0 Å². The Kier molecular flexibility index (Phi) is 2.75. The smallest absolute Gasteiger partial charge is 0.157 e. The maximum absolute atomic E-state index is 4.14. The highest BCUT2D eigenvalue weighted by Crippen LogP contribution is 2.26. The first kappa shape index (κ1) is 9.56. The van der Waals surface area contributed by atoms with Crippen molar-refractivity contribution >= 4 is 22.5 Å². The minimum atomic E-state index is 0.320. The Hall–Kier alpha value is -0.990. The summed E-state index contributed by atoms with van der Waals surface area (Å²) in [4.78, 5) is 0. The molecule has 0 heterocycles.